The van der Waals surface area contributed by atoms with Crippen LogP contribution in [0.25, 0.3) is 10.6 Å². The summed E-state index contributed by atoms with van der Waals surface area (Å²) in [7, 11) is -3.89. The van der Waals surface area contributed by atoms with Crippen LogP contribution in [0, 0.1) is 13.8 Å². The molecule has 8 nitrogen and oxygen atoms in total. The molecule has 1 aliphatic heterocycles. The molecule has 0 saturated carbocycles. The van der Waals surface area contributed by atoms with Crippen molar-refractivity contribution in [1.29, 1.82) is 0 Å². The van der Waals surface area contributed by atoms with Crippen molar-refractivity contribution in [3.8, 4) is 16.3 Å². The van der Waals surface area contributed by atoms with E-state index >= 15 is 0 Å². The average Bonchev–Trinajstić information content (AvgIpc) is 3.17. The molecule has 0 bridgehead atoms. The molecule has 0 saturated heterocycles. The average molecular weight is 460 g/mol. The van der Waals surface area contributed by atoms with E-state index in [2.05, 4.69) is 10.2 Å². The molecule has 0 radical (unpaired) electrons. The molecule has 0 amide bonds. The largest absolute Gasteiger partial charge is 0.486 e. The number of benzene rings is 2. The van der Waals surface area contributed by atoms with Gasteiger partial charge in [-0.25, -0.2) is 8.42 Å². The van der Waals surface area contributed by atoms with E-state index in [1.807, 2.05) is 19.9 Å². The molecular weight excluding hydrogens is 438 g/mol. The van der Waals surface area contributed by atoms with Crippen LogP contribution in [-0.4, -0.2) is 42.3 Å². The summed E-state index contributed by atoms with van der Waals surface area (Å²) in [5.41, 5.74) is 1.97. The molecule has 10 heteroatoms. The zero-order chi connectivity index (χ0) is 22.2. The molecule has 1 N–H and O–H groups in total. The van der Waals surface area contributed by atoms with Crippen molar-refractivity contribution in [3.63, 3.8) is 0 Å². The number of nitrogens with zero attached hydrogens (tertiary/aromatic N) is 3. The minimum atomic E-state index is -3.89. The highest BCUT2D eigenvalue weighted by Crippen LogP contribution is 2.41. The Morgan fingerprint density at radius 2 is 2.03 bits per heavy atom. The molecule has 1 aromatic heterocycles. The second-order valence-electron chi connectivity index (χ2n) is 7.33. The summed E-state index contributed by atoms with van der Waals surface area (Å²) in [5, 5.41) is 18.7. The van der Waals surface area contributed by atoms with Crippen LogP contribution in [0.3, 0.4) is 0 Å². The molecule has 3 aromatic rings. The van der Waals surface area contributed by atoms with Crippen LogP contribution in [0.15, 0.2) is 47.4 Å². The van der Waals surface area contributed by atoms with E-state index < -0.39 is 22.1 Å². The van der Waals surface area contributed by atoms with Crippen LogP contribution < -0.4 is 9.04 Å². The summed E-state index contributed by atoms with van der Waals surface area (Å²) >= 11 is 1.41. The standard InChI is InChI=1S/C21H21N3O5S2/c1-13-4-3-5-17(10-13)31(27,28)24-12-16(7-9-20(25)26)29-19-8-6-15(11-18(19)24)21-23-22-14(2)30-21/h3-6,8,10-11,16H,7,9,12H2,1-2H3,(H,25,26)/t16-/m0/s1. The van der Waals surface area contributed by atoms with Gasteiger partial charge in [-0.15, -0.1) is 10.2 Å². The number of fused-ring (bicyclic) bond motifs is 1. The first kappa shape index (κ1) is 21.3. The topological polar surface area (TPSA) is 110 Å². The number of hydrogen-bond donors (Lipinski definition) is 1. The number of anilines is 1. The molecule has 2 aromatic carbocycles. The van der Waals surface area contributed by atoms with Crippen LogP contribution in [0.2, 0.25) is 0 Å². The summed E-state index contributed by atoms with van der Waals surface area (Å²) < 4.78 is 34.4. The summed E-state index contributed by atoms with van der Waals surface area (Å²) in [5.74, 6) is -0.563. The second kappa shape index (κ2) is 8.27. The molecule has 0 spiro atoms. The zero-order valence-corrected chi connectivity index (χ0v) is 18.6. The first-order valence-corrected chi connectivity index (χ1v) is 11.9. The second-order valence-corrected chi connectivity index (χ2v) is 10.4. The number of carbonyl (C=O) groups is 1. The molecule has 162 valence electrons. The van der Waals surface area contributed by atoms with Gasteiger partial charge in [-0.1, -0.05) is 23.5 Å². The number of rotatable bonds is 6. The van der Waals surface area contributed by atoms with Gasteiger partial charge in [0.2, 0.25) is 0 Å². The Bertz CT molecular complexity index is 1240. The van der Waals surface area contributed by atoms with E-state index in [0.29, 0.717) is 16.4 Å². The smallest absolute Gasteiger partial charge is 0.303 e. The van der Waals surface area contributed by atoms with Crippen molar-refractivity contribution in [2.45, 2.75) is 37.7 Å². The van der Waals surface area contributed by atoms with E-state index in [1.54, 1.807) is 36.4 Å². The number of sulfonamides is 1. The van der Waals surface area contributed by atoms with E-state index in [-0.39, 0.29) is 24.3 Å². The lowest BCUT2D eigenvalue weighted by Gasteiger charge is -2.35. The van der Waals surface area contributed by atoms with Gasteiger partial charge < -0.3 is 9.84 Å². The van der Waals surface area contributed by atoms with Gasteiger partial charge in [0.05, 0.1) is 17.1 Å². The number of carboxylic acids is 1. The maximum Gasteiger partial charge on any atom is 0.303 e. The molecule has 1 atom stereocenters. The van der Waals surface area contributed by atoms with Crippen molar-refractivity contribution in [2.24, 2.45) is 0 Å². The number of ether oxygens (including phenoxy) is 1. The number of carboxylic acid groups (broad SMARTS) is 1. The molecule has 0 unspecified atom stereocenters. The maximum atomic E-state index is 13.6. The maximum absolute atomic E-state index is 13.6. The molecular formula is C21H21N3O5S2. The summed E-state index contributed by atoms with van der Waals surface area (Å²) in [6.45, 7) is 3.71. The van der Waals surface area contributed by atoms with E-state index in [1.165, 1.54) is 15.6 Å². The number of hydrogen-bond acceptors (Lipinski definition) is 7. The lowest BCUT2D eigenvalue weighted by Crippen LogP contribution is -2.43. The van der Waals surface area contributed by atoms with E-state index in [4.69, 9.17) is 9.84 Å². The van der Waals surface area contributed by atoms with Gasteiger partial charge in [-0.2, -0.15) is 0 Å². The van der Waals surface area contributed by atoms with Gasteiger partial charge in [-0.3, -0.25) is 9.10 Å². The zero-order valence-electron chi connectivity index (χ0n) is 17.0. The van der Waals surface area contributed by atoms with Gasteiger partial charge in [-0.05, 0) is 56.2 Å². The van der Waals surface area contributed by atoms with Crippen molar-refractivity contribution in [3.05, 3.63) is 53.0 Å². The quantitative estimate of drug-likeness (QED) is 0.599. The Kier molecular flexibility index (Phi) is 5.67. The van der Waals surface area contributed by atoms with Crippen molar-refractivity contribution in [2.75, 3.05) is 10.8 Å². The lowest BCUT2D eigenvalue weighted by atomic mass is 10.1. The number of aryl methyl sites for hydroxylation is 2. The SMILES string of the molecule is Cc1cccc(S(=O)(=O)N2C[C@H](CCC(=O)O)Oc3ccc(-c4nnc(C)s4)cc32)c1. The third kappa shape index (κ3) is 4.40. The Labute approximate surface area is 184 Å². The Hall–Kier alpha value is -2.98. The van der Waals surface area contributed by atoms with Gasteiger partial charge in [0.1, 0.15) is 21.9 Å². The van der Waals surface area contributed by atoms with Crippen LogP contribution in [0.1, 0.15) is 23.4 Å². The predicted octanol–water partition coefficient (Wildman–Crippen LogP) is 3.64. The summed E-state index contributed by atoms with van der Waals surface area (Å²) in [6, 6.07) is 11.9. The van der Waals surface area contributed by atoms with Gasteiger partial charge in [0, 0.05) is 12.0 Å². The first-order chi connectivity index (χ1) is 14.7. The van der Waals surface area contributed by atoms with Crippen molar-refractivity contribution >= 4 is 33.0 Å². The lowest BCUT2D eigenvalue weighted by molar-refractivity contribution is -0.137. The van der Waals surface area contributed by atoms with Gasteiger partial charge in [0.25, 0.3) is 10.0 Å². The van der Waals surface area contributed by atoms with Crippen LogP contribution in [0.4, 0.5) is 5.69 Å². The fraction of sp³-hybridized carbons (Fsp3) is 0.286. The predicted molar refractivity (Wildman–Crippen MR) is 117 cm³/mol. The highest BCUT2D eigenvalue weighted by molar-refractivity contribution is 7.92. The van der Waals surface area contributed by atoms with Crippen molar-refractivity contribution in [1.82, 2.24) is 10.2 Å². The Balaban J connectivity index is 1.79. The van der Waals surface area contributed by atoms with Crippen LogP contribution in [0.5, 0.6) is 5.75 Å². The molecule has 31 heavy (non-hydrogen) atoms. The van der Waals surface area contributed by atoms with Gasteiger partial charge in [0.15, 0.2) is 0 Å². The molecule has 0 aliphatic carbocycles. The fourth-order valence-corrected chi connectivity index (χ4v) is 5.72. The third-order valence-electron chi connectivity index (χ3n) is 4.92. The normalized spacial score (nSPS) is 15.9. The monoisotopic (exact) mass is 459 g/mol. The van der Waals surface area contributed by atoms with E-state index in [0.717, 1.165) is 16.1 Å². The minimum Gasteiger partial charge on any atom is -0.486 e. The Morgan fingerprint density at radius 1 is 1.23 bits per heavy atom. The van der Waals surface area contributed by atoms with Crippen LogP contribution >= 0.6 is 11.3 Å². The van der Waals surface area contributed by atoms with Crippen molar-refractivity contribution < 1.29 is 23.1 Å². The minimum absolute atomic E-state index is 0.0230. The molecule has 4 rings (SSSR count). The van der Waals surface area contributed by atoms with Gasteiger partial charge >= 0.3 is 5.97 Å². The Morgan fingerprint density at radius 3 is 2.71 bits per heavy atom. The molecule has 2 heterocycles. The summed E-state index contributed by atoms with van der Waals surface area (Å²) in [4.78, 5) is 11.2. The summed E-state index contributed by atoms with van der Waals surface area (Å²) in [6.07, 6.45) is -0.482. The first-order valence-electron chi connectivity index (χ1n) is 9.66. The highest BCUT2D eigenvalue weighted by Gasteiger charge is 2.35. The van der Waals surface area contributed by atoms with Crippen LogP contribution in [-0.2, 0) is 14.8 Å². The highest BCUT2D eigenvalue weighted by atomic mass is 32.2. The molecule has 0 fully saturated rings. The third-order valence-corrected chi connectivity index (χ3v) is 7.58. The molecule has 1 aliphatic rings. The van der Waals surface area contributed by atoms with E-state index in [9.17, 15) is 13.2 Å². The fourth-order valence-electron chi connectivity index (χ4n) is 3.42. The number of aromatic nitrogens is 2. The number of aliphatic carboxylic acids is 1.